The van der Waals surface area contributed by atoms with Gasteiger partial charge in [0.2, 0.25) is 0 Å². The highest BCUT2D eigenvalue weighted by Crippen LogP contribution is 2.24. The number of halogens is 3. The van der Waals surface area contributed by atoms with E-state index in [2.05, 4.69) is 9.84 Å². The zero-order valence-corrected chi connectivity index (χ0v) is 10.1. The minimum Gasteiger partial charge on any atom is -0.406 e. The normalized spacial score (nSPS) is 11.6. The van der Waals surface area contributed by atoms with Gasteiger partial charge < -0.3 is 10.5 Å². The number of nitrogens with two attached hydrogens (primary N) is 1. The van der Waals surface area contributed by atoms with E-state index in [0.29, 0.717) is 12.2 Å². The number of aromatic nitrogens is 2. The maximum absolute atomic E-state index is 12.1. The van der Waals surface area contributed by atoms with Crippen molar-refractivity contribution in [3.63, 3.8) is 0 Å². The summed E-state index contributed by atoms with van der Waals surface area (Å²) < 4.78 is 41.7. The van der Waals surface area contributed by atoms with E-state index >= 15 is 0 Å². The topological polar surface area (TPSA) is 53.1 Å². The number of rotatable bonds is 3. The molecule has 1 aromatic heterocycles. The molecular formula is C12H12F3N3O. The summed E-state index contributed by atoms with van der Waals surface area (Å²) in [5.41, 5.74) is 7.58. The van der Waals surface area contributed by atoms with Crippen molar-refractivity contribution in [2.75, 3.05) is 0 Å². The lowest BCUT2D eigenvalue weighted by Gasteiger charge is -2.09. The fraction of sp³-hybridized carbons (Fsp3) is 0.250. The summed E-state index contributed by atoms with van der Waals surface area (Å²) in [6.45, 7) is 2.11. The van der Waals surface area contributed by atoms with E-state index in [1.807, 2.05) is 0 Å². The molecule has 2 N–H and O–H groups in total. The highest BCUT2D eigenvalue weighted by Gasteiger charge is 2.31. The first-order valence-corrected chi connectivity index (χ1v) is 5.50. The molecule has 0 bridgehead atoms. The van der Waals surface area contributed by atoms with Gasteiger partial charge >= 0.3 is 6.36 Å². The van der Waals surface area contributed by atoms with Crippen molar-refractivity contribution in [1.82, 2.24) is 9.78 Å². The summed E-state index contributed by atoms with van der Waals surface area (Å²) >= 11 is 0. The van der Waals surface area contributed by atoms with E-state index in [4.69, 9.17) is 5.73 Å². The third-order valence-electron chi connectivity index (χ3n) is 2.54. The van der Waals surface area contributed by atoms with Crippen LogP contribution in [0, 0.1) is 6.92 Å². The lowest BCUT2D eigenvalue weighted by Crippen LogP contribution is -2.17. The number of nitrogens with zero attached hydrogens (tertiary/aromatic N) is 2. The minimum absolute atomic E-state index is 0.285. The Bertz CT molecular complexity index is 578. The van der Waals surface area contributed by atoms with Gasteiger partial charge in [-0.2, -0.15) is 5.10 Å². The van der Waals surface area contributed by atoms with Crippen molar-refractivity contribution in [1.29, 1.82) is 0 Å². The molecule has 102 valence electrons. The highest BCUT2D eigenvalue weighted by atomic mass is 19.4. The molecule has 0 radical (unpaired) electrons. The summed E-state index contributed by atoms with van der Waals surface area (Å²) in [6, 6.07) is 5.60. The molecule has 1 aromatic carbocycles. The zero-order chi connectivity index (χ0) is 14.0. The van der Waals surface area contributed by atoms with Crippen molar-refractivity contribution in [2.45, 2.75) is 19.8 Å². The molecule has 0 saturated heterocycles. The summed E-state index contributed by atoms with van der Waals surface area (Å²) in [7, 11) is 0. The predicted molar refractivity (Wildman–Crippen MR) is 62.9 cm³/mol. The Hall–Kier alpha value is -2.02. The van der Waals surface area contributed by atoms with Crippen LogP contribution in [0.1, 0.15) is 11.3 Å². The first-order chi connectivity index (χ1) is 8.89. The maximum atomic E-state index is 12.1. The van der Waals surface area contributed by atoms with Gasteiger partial charge in [0, 0.05) is 24.4 Å². The number of aryl methyl sites for hydroxylation is 1. The number of hydrogen-bond donors (Lipinski definition) is 1. The predicted octanol–water partition coefficient (Wildman–Crippen LogP) is 2.54. The summed E-state index contributed by atoms with van der Waals surface area (Å²) in [4.78, 5) is 0. The average molecular weight is 271 g/mol. The van der Waals surface area contributed by atoms with Crippen molar-refractivity contribution in [3.05, 3.63) is 41.7 Å². The fourth-order valence-electron chi connectivity index (χ4n) is 1.65. The molecule has 0 aliphatic heterocycles. The lowest BCUT2D eigenvalue weighted by atomic mass is 10.3. The van der Waals surface area contributed by atoms with Crippen LogP contribution < -0.4 is 10.5 Å². The molecule has 0 amide bonds. The van der Waals surface area contributed by atoms with Gasteiger partial charge in [-0.3, -0.25) is 0 Å². The maximum Gasteiger partial charge on any atom is 0.573 e. The second kappa shape index (κ2) is 4.93. The number of benzene rings is 1. The molecule has 0 atom stereocenters. The average Bonchev–Trinajstić information content (AvgIpc) is 2.69. The van der Waals surface area contributed by atoms with Gasteiger partial charge in [-0.15, -0.1) is 13.2 Å². The molecule has 0 spiro atoms. The largest absolute Gasteiger partial charge is 0.573 e. The van der Waals surface area contributed by atoms with E-state index in [-0.39, 0.29) is 5.75 Å². The van der Waals surface area contributed by atoms with Crippen LogP contribution in [0.4, 0.5) is 13.2 Å². The molecule has 7 heteroatoms. The monoisotopic (exact) mass is 271 g/mol. The van der Waals surface area contributed by atoms with Gasteiger partial charge in [0.25, 0.3) is 0 Å². The Labute approximate surface area is 107 Å². The third kappa shape index (κ3) is 3.25. The van der Waals surface area contributed by atoms with Gasteiger partial charge in [-0.1, -0.05) is 6.07 Å². The SMILES string of the molecule is Cc1nn(-c2cccc(OC(F)(F)F)c2)cc1CN. The molecule has 0 aliphatic rings. The molecule has 0 fully saturated rings. The van der Waals surface area contributed by atoms with Crippen LogP contribution in [0.5, 0.6) is 5.75 Å². The number of alkyl halides is 3. The van der Waals surface area contributed by atoms with Gasteiger partial charge in [-0.25, -0.2) is 4.68 Å². The molecule has 4 nitrogen and oxygen atoms in total. The highest BCUT2D eigenvalue weighted by molar-refractivity contribution is 5.39. The summed E-state index contributed by atoms with van der Waals surface area (Å²) in [5, 5.41) is 4.19. The smallest absolute Gasteiger partial charge is 0.406 e. The van der Waals surface area contributed by atoms with Crippen LogP contribution in [-0.4, -0.2) is 16.1 Å². The van der Waals surface area contributed by atoms with Crippen LogP contribution in [0.3, 0.4) is 0 Å². The minimum atomic E-state index is -4.71. The van der Waals surface area contributed by atoms with Crippen molar-refractivity contribution in [2.24, 2.45) is 5.73 Å². The first kappa shape index (κ1) is 13.4. The van der Waals surface area contributed by atoms with Crippen molar-refractivity contribution in [3.8, 4) is 11.4 Å². The van der Waals surface area contributed by atoms with Crippen LogP contribution >= 0.6 is 0 Å². The Balaban J connectivity index is 2.32. The van der Waals surface area contributed by atoms with E-state index in [0.717, 1.165) is 11.3 Å². The van der Waals surface area contributed by atoms with Crippen molar-refractivity contribution >= 4 is 0 Å². The Morgan fingerprint density at radius 2 is 2.11 bits per heavy atom. The van der Waals surface area contributed by atoms with E-state index in [1.165, 1.54) is 22.9 Å². The second-order valence-electron chi connectivity index (χ2n) is 3.93. The standard InChI is InChI=1S/C12H12F3N3O/c1-8-9(6-16)7-18(17-8)10-3-2-4-11(5-10)19-12(13,14)15/h2-5,7H,6,16H2,1H3. The molecule has 2 aromatic rings. The zero-order valence-electron chi connectivity index (χ0n) is 10.1. The van der Waals surface area contributed by atoms with Crippen LogP contribution in [0.15, 0.2) is 30.5 Å². The summed E-state index contributed by atoms with van der Waals surface area (Å²) in [6.07, 6.45) is -3.02. The van der Waals surface area contributed by atoms with E-state index in [1.54, 1.807) is 19.2 Å². The van der Waals surface area contributed by atoms with Crippen LogP contribution in [-0.2, 0) is 6.54 Å². The van der Waals surface area contributed by atoms with Gasteiger partial charge in [0.05, 0.1) is 11.4 Å². The molecular weight excluding hydrogens is 259 g/mol. The molecule has 0 unspecified atom stereocenters. The lowest BCUT2D eigenvalue weighted by molar-refractivity contribution is -0.274. The first-order valence-electron chi connectivity index (χ1n) is 5.50. The molecule has 0 saturated carbocycles. The Kier molecular flexibility index (Phi) is 3.48. The third-order valence-corrected chi connectivity index (χ3v) is 2.54. The van der Waals surface area contributed by atoms with Gasteiger partial charge in [0.1, 0.15) is 5.75 Å². The van der Waals surface area contributed by atoms with Crippen LogP contribution in [0.2, 0.25) is 0 Å². The number of hydrogen-bond acceptors (Lipinski definition) is 3. The molecule has 1 heterocycles. The quantitative estimate of drug-likeness (QED) is 0.933. The molecule has 2 rings (SSSR count). The Morgan fingerprint density at radius 1 is 1.37 bits per heavy atom. The molecule has 0 aliphatic carbocycles. The van der Waals surface area contributed by atoms with E-state index in [9.17, 15) is 13.2 Å². The van der Waals surface area contributed by atoms with Crippen molar-refractivity contribution < 1.29 is 17.9 Å². The van der Waals surface area contributed by atoms with E-state index < -0.39 is 6.36 Å². The number of ether oxygens (including phenoxy) is 1. The van der Waals surface area contributed by atoms with Gasteiger partial charge in [-0.05, 0) is 19.1 Å². The molecule has 19 heavy (non-hydrogen) atoms. The summed E-state index contributed by atoms with van der Waals surface area (Å²) in [5.74, 6) is -0.285. The fourth-order valence-corrected chi connectivity index (χ4v) is 1.65. The Morgan fingerprint density at radius 3 is 2.68 bits per heavy atom. The second-order valence-corrected chi connectivity index (χ2v) is 3.93. The van der Waals surface area contributed by atoms with Gasteiger partial charge in [0.15, 0.2) is 0 Å². The van der Waals surface area contributed by atoms with Crippen LogP contribution in [0.25, 0.3) is 5.69 Å².